The molecule has 0 heterocycles. The average molecular weight is 1680 g/mol. The van der Waals surface area contributed by atoms with Gasteiger partial charge >= 0.3 is 0 Å². The van der Waals surface area contributed by atoms with Crippen LogP contribution in [0.5, 0.6) is 0 Å². The molecular weight excluding hydrogens is 1510 g/mol. The standard InChI is InChI=1S/C126H164/c1-24-83(13)73-123(74-84(14)25-2)112-41-33-32-40-102(112)104-52-43-95(66-115(104)123)97-46-55-107-109-57-48-99(70-119(109)125(117(107)68-97,77-87(17)28-5)78-88(18)29-6)101-50-59-111-110-58-49-100(71-120(110)126(121(111)72-101,79-89(19)30-7)80-90(20)31-8)98-47-56-108-106-54-45-96(67-116(106)124(118(108)69-98,75-85(15)26-3)76-86(16)27-4)94-44-53-105-103-51-42-93(23)64-113(103)122(114(105)65-94,62-60-91(21)38-34-36-81(9)10)63-61-92(22)39-35-37-82(11)12/h32-33,40-59,64-72,81-92H,24-31,34-39,60-63,73-80H2,1-23H3/t83-,84-,85-,86-,87-,88-,89-,90-,91-,92-/m0/s1. The fourth-order valence-electron chi connectivity index (χ4n) is 25.7. The zero-order valence-corrected chi connectivity index (χ0v) is 83.2. The van der Waals surface area contributed by atoms with Gasteiger partial charge in [-0.3, -0.25) is 0 Å². The summed E-state index contributed by atoms with van der Waals surface area (Å²) < 4.78 is 0. The molecule has 0 saturated heterocycles. The Balaban J connectivity index is 0.817. The summed E-state index contributed by atoms with van der Waals surface area (Å²) in [6.45, 7) is 56.9. The van der Waals surface area contributed by atoms with E-state index in [2.05, 4.69) is 347 Å². The molecule has 0 aromatic heterocycles. The van der Waals surface area contributed by atoms with Crippen LogP contribution < -0.4 is 0 Å². The number of hydrogen-bond acceptors (Lipinski definition) is 0. The monoisotopic (exact) mass is 1680 g/mol. The Morgan fingerprint density at radius 2 is 0.389 bits per heavy atom. The molecule has 5 aliphatic rings. The van der Waals surface area contributed by atoms with Gasteiger partial charge in [0.1, 0.15) is 0 Å². The van der Waals surface area contributed by atoms with Crippen LogP contribution in [0.15, 0.2) is 188 Å². The van der Waals surface area contributed by atoms with Crippen molar-refractivity contribution in [1.82, 2.24) is 0 Å². The first-order chi connectivity index (χ1) is 60.6. The van der Waals surface area contributed by atoms with E-state index in [0.717, 1.165) is 88.9 Å². The predicted octanol–water partition coefficient (Wildman–Crippen LogP) is 38.0. The lowest BCUT2D eigenvalue weighted by Gasteiger charge is -2.38. The second-order valence-corrected chi connectivity index (χ2v) is 44.8. The maximum absolute atomic E-state index is 2.75. The molecule has 15 rings (SSSR count). The number of benzene rings is 10. The van der Waals surface area contributed by atoms with Gasteiger partial charge in [-0.15, -0.1) is 0 Å². The molecule has 0 amide bonds. The predicted molar refractivity (Wildman–Crippen MR) is 551 cm³/mol. The van der Waals surface area contributed by atoms with Crippen molar-refractivity contribution in [3.05, 3.63) is 249 Å². The average Bonchev–Trinajstić information content (AvgIpc) is 1.55. The van der Waals surface area contributed by atoms with Gasteiger partial charge in [0.15, 0.2) is 0 Å². The Labute approximate surface area is 768 Å². The molecule has 10 aromatic carbocycles. The minimum atomic E-state index is -0.166. The Bertz CT molecular complexity index is 5390. The van der Waals surface area contributed by atoms with Crippen molar-refractivity contribution in [3.63, 3.8) is 0 Å². The highest BCUT2D eigenvalue weighted by molar-refractivity contribution is 5.93. The molecule has 126 heavy (non-hydrogen) atoms. The van der Waals surface area contributed by atoms with Gasteiger partial charge in [-0.1, -0.05) is 387 Å². The van der Waals surface area contributed by atoms with Crippen LogP contribution in [-0.4, -0.2) is 0 Å². The van der Waals surface area contributed by atoms with Gasteiger partial charge in [0.05, 0.1) is 0 Å². The highest BCUT2D eigenvalue weighted by Crippen LogP contribution is 2.64. The van der Waals surface area contributed by atoms with Crippen LogP contribution in [-0.2, 0) is 27.1 Å². The van der Waals surface area contributed by atoms with Crippen molar-refractivity contribution in [3.8, 4) is 100 Å². The summed E-state index contributed by atoms with van der Waals surface area (Å²) in [5, 5.41) is 0. The van der Waals surface area contributed by atoms with E-state index in [0.29, 0.717) is 59.2 Å². The minimum absolute atomic E-state index is 0.0119. The van der Waals surface area contributed by atoms with Crippen LogP contribution in [0.3, 0.4) is 0 Å². The second kappa shape index (κ2) is 38.7. The van der Waals surface area contributed by atoms with Crippen LogP contribution in [0.2, 0.25) is 0 Å². The Hall–Kier alpha value is -7.80. The molecule has 668 valence electrons. The lowest BCUT2D eigenvalue weighted by Crippen LogP contribution is -2.30. The molecule has 0 bridgehead atoms. The van der Waals surface area contributed by atoms with Gasteiger partial charge in [-0.25, -0.2) is 0 Å². The topological polar surface area (TPSA) is 0 Å². The fraction of sp³-hybridized carbons (Fsp3) is 0.524. The van der Waals surface area contributed by atoms with Crippen molar-refractivity contribution in [1.29, 1.82) is 0 Å². The van der Waals surface area contributed by atoms with E-state index in [4.69, 9.17) is 0 Å². The van der Waals surface area contributed by atoms with E-state index in [-0.39, 0.29) is 27.1 Å². The minimum Gasteiger partial charge on any atom is -0.0651 e. The first kappa shape index (κ1) is 92.9. The normalized spacial score (nSPS) is 17.7. The Morgan fingerprint density at radius 1 is 0.190 bits per heavy atom. The lowest BCUT2D eigenvalue weighted by molar-refractivity contribution is 0.308. The van der Waals surface area contributed by atoms with E-state index in [1.807, 2.05) is 0 Å². The quantitative estimate of drug-likeness (QED) is 0.0358. The summed E-state index contributed by atoms with van der Waals surface area (Å²) in [6, 6.07) is 79.6. The Morgan fingerprint density at radius 3 is 0.619 bits per heavy atom. The summed E-state index contributed by atoms with van der Waals surface area (Å²) >= 11 is 0. The first-order valence-corrected chi connectivity index (χ1v) is 52.0. The molecule has 0 N–H and O–H groups in total. The number of fused-ring (bicyclic) bond motifs is 15. The van der Waals surface area contributed by atoms with Crippen LogP contribution in [0.1, 0.15) is 380 Å². The largest absolute Gasteiger partial charge is 0.0651 e. The molecule has 0 radical (unpaired) electrons. The third-order valence-corrected chi connectivity index (χ3v) is 34.4. The van der Waals surface area contributed by atoms with E-state index in [1.165, 1.54) is 196 Å². The summed E-state index contributed by atoms with van der Waals surface area (Å²) in [4.78, 5) is 0. The smallest absolute Gasteiger partial charge is 0.0220 e. The summed E-state index contributed by atoms with van der Waals surface area (Å²) in [7, 11) is 0. The molecule has 0 saturated carbocycles. The van der Waals surface area contributed by atoms with Gasteiger partial charge < -0.3 is 0 Å². The number of rotatable bonds is 42. The van der Waals surface area contributed by atoms with Crippen molar-refractivity contribution < 1.29 is 0 Å². The van der Waals surface area contributed by atoms with Gasteiger partial charge in [-0.05, 0) is 359 Å². The van der Waals surface area contributed by atoms with Gasteiger partial charge in [0.25, 0.3) is 0 Å². The van der Waals surface area contributed by atoms with Crippen molar-refractivity contribution in [2.45, 2.75) is 353 Å². The SMILES string of the molecule is CC[C@H](C)CC1(C[C@@H](C)CC)c2ccccc2-c2ccc(-c3ccc4c(c3)C(C[C@@H](C)CC)(C[C@@H](C)CC)c3cc(-c5ccc6c(c5)C(C[C@@H](C)CC)(C[C@@H](C)CC)c5cc(-c7ccc8c(c7)C(C[C@@H](C)CC)(C[C@@H](C)CC)c7cc(-c9ccc%10c(c9)C(CC[C@@H](C)CCCC(C)C)(CC[C@@H](C)CCCC(C)C)c9cc(C)ccc9-%10)ccc7-8)ccc5-6)ccc3-4)cc21. The highest BCUT2D eigenvalue weighted by Gasteiger charge is 2.51. The van der Waals surface area contributed by atoms with Gasteiger partial charge in [-0.2, -0.15) is 0 Å². The molecule has 10 atom stereocenters. The fourth-order valence-corrected chi connectivity index (χ4v) is 25.7. The summed E-state index contributed by atoms with van der Waals surface area (Å²) in [5.74, 6) is 7.43. The third kappa shape index (κ3) is 17.6. The molecule has 0 nitrogen and oxygen atoms in total. The molecule has 10 aromatic rings. The molecule has 0 fully saturated rings. The van der Waals surface area contributed by atoms with Crippen LogP contribution >= 0.6 is 0 Å². The van der Waals surface area contributed by atoms with Crippen molar-refractivity contribution >= 4 is 0 Å². The van der Waals surface area contributed by atoms with Crippen LogP contribution in [0, 0.1) is 77.9 Å². The maximum atomic E-state index is 2.75. The second-order valence-electron chi connectivity index (χ2n) is 44.8. The molecule has 0 unspecified atom stereocenters. The summed E-state index contributed by atoms with van der Waals surface area (Å²) in [6.07, 6.45) is 31.5. The highest BCUT2D eigenvalue weighted by atomic mass is 14.5. The van der Waals surface area contributed by atoms with Crippen LogP contribution in [0.25, 0.3) is 100 Å². The van der Waals surface area contributed by atoms with Gasteiger partial charge in [0.2, 0.25) is 0 Å². The molecular formula is C126H164. The van der Waals surface area contributed by atoms with Gasteiger partial charge in [0, 0.05) is 27.1 Å². The third-order valence-electron chi connectivity index (χ3n) is 34.4. The van der Waals surface area contributed by atoms with E-state index < -0.39 is 0 Å². The maximum Gasteiger partial charge on any atom is 0.0220 e. The van der Waals surface area contributed by atoms with E-state index in [9.17, 15) is 0 Å². The van der Waals surface area contributed by atoms with Crippen molar-refractivity contribution in [2.75, 3.05) is 0 Å². The lowest BCUT2D eigenvalue weighted by atomic mass is 9.65. The summed E-state index contributed by atoms with van der Waals surface area (Å²) in [5.41, 5.74) is 42.1. The molecule has 5 aliphatic carbocycles. The number of hydrogen-bond donors (Lipinski definition) is 0. The zero-order chi connectivity index (χ0) is 89.5. The Kier molecular flexibility index (Phi) is 28.5. The zero-order valence-electron chi connectivity index (χ0n) is 83.2. The number of aryl methyl sites for hydroxylation is 1. The van der Waals surface area contributed by atoms with Crippen molar-refractivity contribution in [2.24, 2.45) is 71.0 Å². The molecule has 0 heteroatoms. The molecule has 0 aliphatic heterocycles. The van der Waals surface area contributed by atoms with Crippen LogP contribution in [0.4, 0.5) is 0 Å². The van der Waals surface area contributed by atoms with E-state index >= 15 is 0 Å². The molecule has 0 spiro atoms. The van der Waals surface area contributed by atoms with E-state index in [1.54, 1.807) is 55.6 Å². The first-order valence-electron chi connectivity index (χ1n) is 52.0.